The Morgan fingerprint density at radius 2 is 2.05 bits per heavy atom. The molecule has 1 amide bonds. The van der Waals surface area contributed by atoms with E-state index in [1.807, 2.05) is 20.8 Å². The third kappa shape index (κ3) is 2.46. The van der Waals surface area contributed by atoms with E-state index in [0.717, 1.165) is 30.9 Å². The molecule has 3 rings (SSSR count). The van der Waals surface area contributed by atoms with Crippen LogP contribution in [0.5, 0.6) is 0 Å². The first-order valence-corrected chi connectivity index (χ1v) is 7.65. The lowest BCUT2D eigenvalue weighted by Crippen LogP contribution is -2.63. The van der Waals surface area contributed by atoms with Crippen molar-refractivity contribution in [2.45, 2.75) is 45.1 Å². The normalized spacial score (nSPS) is 21.4. The highest BCUT2D eigenvalue weighted by atomic mass is 32.1. The van der Waals surface area contributed by atoms with Gasteiger partial charge in [0.2, 0.25) is 5.13 Å². The Kier molecular flexibility index (Phi) is 2.93. The van der Waals surface area contributed by atoms with Crippen LogP contribution >= 0.6 is 11.3 Å². The van der Waals surface area contributed by atoms with Gasteiger partial charge in [-0.2, -0.15) is 0 Å². The Balaban J connectivity index is 1.49. The molecule has 1 saturated heterocycles. The Hall–Kier alpha value is -1.37. The third-order valence-electron chi connectivity index (χ3n) is 3.87. The second-order valence-corrected chi connectivity index (χ2v) is 7.96. The Morgan fingerprint density at radius 1 is 1.40 bits per heavy atom. The zero-order valence-corrected chi connectivity index (χ0v) is 12.9. The number of hydrogen-bond acceptors (Lipinski definition) is 6. The number of amides is 1. The highest BCUT2D eigenvalue weighted by Gasteiger charge is 2.55. The van der Waals surface area contributed by atoms with Crippen molar-refractivity contribution in [3.05, 3.63) is 5.01 Å². The van der Waals surface area contributed by atoms with Crippen molar-refractivity contribution < 1.29 is 9.53 Å². The van der Waals surface area contributed by atoms with Gasteiger partial charge in [0.25, 0.3) is 0 Å². The van der Waals surface area contributed by atoms with Crippen molar-refractivity contribution >= 4 is 22.6 Å². The molecule has 0 radical (unpaired) electrons. The van der Waals surface area contributed by atoms with Crippen molar-refractivity contribution in [1.29, 1.82) is 0 Å². The highest BCUT2D eigenvalue weighted by Crippen LogP contribution is 2.56. The van der Waals surface area contributed by atoms with Crippen molar-refractivity contribution in [1.82, 2.24) is 15.1 Å². The molecular weight excluding hydrogens is 276 g/mol. The van der Waals surface area contributed by atoms with Crippen molar-refractivity contribution in [3.8, 4) is 0 Å². The van der Waals surface area contributed by atoms with Gasteiger partial charge in [-0.1, -0.05) is 11.3 Å². The lowest BCUT2D eigenvalue weighted by atomic mass is 9.58. The Bertz CT molecular complexity index is 523. The van der Waals surface area contributed by atoms with E-state index >= 15 is 0 Å². The van der Waals surface area contributed by atoms with Gasteiger partial charge in [-0.15, -0.1) is 10.2 Å². The topological polar surface area (TPSA) is 81.3 Å². The van der Waals surface area contributed by atoms with Crippen LogP contribution in [0.2, 0.25) is 0 Å². The second-order valence-electron chi connectivity index (χ2n) is 6.92. The minimum Gasteiger partial charge on any atom is -0.444 e. The molecule has 0 atom stereocenters. The quantitative estimate of drug-likeness (QED) is 0.859. The first-order valence-electron chi connectivity index (χ1n) is 6.83. The van der Waals surface area contributed by atoms with Crippen molar-refractivity contribution in [3.63, 3.8) is 0 Å². The predicted molar refractivity (Wildman–Crippen MR) is 76.5 cm³/mol. The average Bonchev–Trinajstić information content (AvgIpc) is 2.57. The minimum absolute atomic E-state index is 0.202. The van der Waals surface area contributed by atoms with Gasteiger partial charge in [-0.25, -0.2) is 4.79 Å². The summed E-state index contributed by atoms with van der Waals surface area (Å²) in [5.41, 5.74) is 5.46. The fourth-order valence-corrected chi connectivity index (χ4v) is 3.76. The number of nitrogens with zero attached hydrogens (tertiary/aromatic N) is 3. The number of likely N-dealkylation sites (tertiary alicyclic amines) is 1. The molecule has 1 aliphatic heterocycles. The summed E-state index contributed by atoms with van der Waals surface area (Å²) in [7, 11) is 0. The molecule has 0 bridgehead atoms. The lowest BCUT2D eigenvalue weighted by molar-refractivity contribution is -0.0786. The van der Waals surface area contributed by atoms with Crippen LogP contribution in [-0.2, 0) is 4.74 Å². The van der Waals surface area contributed by atoms with Gasteiger partial charge in [-0.05, 0) is 33.6 Å². The van der Waals surface area contributed by atoms with E-state index in [9.17, 15) is 4.79 Å². The Labute approximate surface area is 122 Å². The van der Waals surface area contributed by atoms with E-state index in [2.05, 4.69) is 10.2 Å². The fraction of sp³-hybridized carbons (Fsp3) is 0.769. The third-order valence-corrected chi connectivity index (χ3v) is 4.78. The summed E-state index contributed by atoms with van der Waals surface area (Å²) < 4.78 is 5.37. The van der Waals surface area contributed by atoms with Crippen molar-refractivity contribution in [2.75, 3.05) is 18.8 Å². The highest BCUT2D eigenvalue weighted by molar-refractivity contribution is 7.15. The first-order chi connectivity index (χ1) is 9.26. The number of hydrogen-bond donors (Lipinski definition) is 1. The van der Waals surface area contributed by atoms with Crippen LogP contribution in [-0.4, -0.2) is 39.9 Å². The SMILES string of the molecule is CC(C)(C)OC(=O)N1CC2(CC(c3nnc(N)s3)C2)C1. The van der Waals surface area contributed by atoms with Crippen LogP contribution < -0.4 is 5.73 Å². The molecule has 2 fully saturated rings. The van der Waals surface area contributed by atoms with E-state index in [0.29, 0.717) is 11.0 Å². The number of ether oxygens (including phenoxy) is 1. The molecule has 1 aromatic rings. The number of aromatic nitrogens is 2. The molecule has 2 aliphatic rings. The zero-order valence-electron chi connectivity index (χ0n) is 12.0. The van der Waals surface area contributed by atoms with Crippen LogP contribution in [0, 0.1) is 5.41 Å². The molecule has 2 heterocycles. The molecule has 1 aliphatic carbocycles. The molecule has 1 aromatic heterocycles. The number of carbonyl (C=O) groups excluding carboxylic acids is 1. The molecular formula is C13H20N4O2S. The fourth-order valence-electron chi connectivity index (χ4n) is 3.05. The van der Waals surface area contributed by atoms with E-state index in [1.54, 1.807) is 4.90 Å². The summed E-state index contributed by atoms with van der Waals surface area (Å²) in [6.45, 7) is 7.26. The van der Waals surface area contributed by atoms with Crippen LogP contribution in [0.15, 0.2) is 0 Å². The largest absolute Gasteiger partial charge is 0.444 e. The van der Waals surface area contributed by atoms with Gasteiger partial charge in [0, 0.05) is 24.4 Å². The summed E-state index contributed by atoms with van der Waals surface area (Å²) >= 11 is 1.47. The van der Waals surface area contributed by atoms with Crippen molar-refractivity contribution in [2.24, 2.45) is 5.41 Å². The summed E-state index contributed by atoms with van der Waals surface area (Å²) in [6.07, 6.45) is 1.94. The van der Waals surface area contributed by atoms with Gasteiger partial charge in [0.15, 0.2) is 0 Å². The van der Waals surface area contributed by atoms with E-state index < -0.39 is 5.60 Å². The molecule has 0 aromatic carbocycles. The standard InChI is InChI=1S/C13H20N4O2S/c1-12(2,3)19-11(18)17-6-13(7-17)4-8(5-13)9-15-16-10(14)20-9/h8H,4-7H2,1-3H3,(H2,14,16). The molecule has 0 unspecified atom stereocenters. The number of carbonyl (C=O) groups is 1. The van der Waals surface area contributed by atoms with Gasteiger partial charge in [0.05, 0.1) is 0 Å². The van der Waals surface area contributed by atoms with Crippen LogP contribution in [0.1, 0.15) is 44.5 Å². The number of nitrogen functional groups attached to an aromatic ring is 1. The van der Waals surface area contributed by atoms with E-state index in [4.69, 9.17) is 10.5 Å². The van der Waals surface area contributed by atoms with Crippen LogP contribution in [0.3, 0.4) is 0 Å². The molecule has 20 heavy (non-hydrogen) atoms. The predicted octanol–water partition coefficient (Wildman–Crippen LogP) is 2.23. The summed E-state index contributed by atoms with van der Waals surface area (Å²) in [4.78, 5) is 13.7. The second kappa shape index (κ2) is 4.31. The maximum Gasteiger partial charge on any atom is 0.410 e. The van der Waals surface area contributed by atoms with E-state index in [-0.39, 0.29) is 11.5 Å². The maximum absolute atomic E-state index is 11.9. The zero-order chi connectivity index (χ0) is 14.5. The van der Waals surface area contributed by atoms with Gasteiger partial charge < -0.3 is 15.4 Å². The summed E-state index contributed by atoms with van der Waals surface area (Å²) in [5.74, 6) is 0.464. The van der Waals surface area contributed by atoms with Gasteiger partial charge in [-0.3, -0.25) is 0 Å². The number of nitrogens with two attached hydrogens (primary N) is 1. The van der Waals surface area contributed by atoms with Crippen LogP contribution in [0.4, 0.5) is 9.93 Å². The number of rotatable bonds is 1. The molecule has 2 N–H and O–H groups in total. The van der Waals surface area contributed by atoms with Gasteiger partial charge in [0.1, 0.15) is 10.6 Å². The molecule has 110 valence electrons. The number of anilines is 1. The molecule has 1 saturated carbocycles. The monoisotopic (exact) mass is 296 g/mol. The van der Waals surface area contributed by atoms with Gasteiger partial charge >= 0.3 is 6.09 Å². The molecule has 6 nitrogen and oxygen atoms in total. The van der Waals surface area contributed by atoms with Crippen LogP contribution in [0.25, 0.3) is 0 Å². The first kappa shape index (κ1) is 13.6. The Morgan fingerprint density at radius 3 is 2.55 bits per heavy atom. The smallest absolute Gasteiger partial charge is 0.410 e. The summed E-state index contributed by atoms with van der Waals surface area (Å²) in [6, 6.07) is 0. The van der Waals surface area contributed by atoms with E-state index in [1.165, 1.54) is 11.3 Å². The molecule has 7 heteroatoms. The molecule has 1 spiro atoms. The average molecular weight is 296 g/mol. The minimum atomic E-state index is -0.425. The lowest BCUT2D eigenvalue weighted by Gasteiger charge is -2.58. The summed E-state index contributed by atoms with van der Waals surface area (Å²) in [5, 5.41) is 9.52. The maximum atomic E-state index is 11.9.